The maximum absolute atomic E-state index is 10.8. The van der Waals surface area contributed by atoms with Crippen LogP contribution in [0.5, 0.6) is 0 Å². The molecule has 0 unspecified atom stereocenters. The zero-order valence-electron chi connectivity index (χ0n) is 8.44. The first-order valence-corrected chi connectivity index (χ1v) is 5.35. The molecule has 0 aromatic carbocycles. The van der Waals surface area contributed by atoms with Gasteiger partial charge in [-0.2, -0.15) is 0 Å². The zero-order valence-corrected chi connectivity index (χ0v) is 9.25. The van der Waals surface area contributed by atoms with Gasteiger partial charge in [-0.3, -0.25) is 10.2 Å². The van der Waals surface area contributed by atoms with Crippen LogP contribution in [0.2, 0.25) is 0 Å². The largest absolute Gasteiger partial charge is 0.299 e. The number of hydrogen-bond donors (Lipinski definition) is 1. The predicted octanol–water partition coefficient (Wildman–Crippen LogP) is 3.11. The van der Waals surface area contributed by atoms with Crippen molar-refractivity contribution in [2.75, 3.05) is 5.75 Å². The van der Waals surface area contributed by atoms with E-state index in [1.165, 1.54) is 11.8 Å². The fourth-order valence-corrected chi connectivity index (χ4v) is 1.06. The molecule has 0 aliphatic carbocycles. The molecular formula is C9H19NOS. The summed E-state index contributed by atoms with van der Waals surface area (Å²) in [4.78, 5) is 10.8. The highest BCUT2D eigenvalue weighted by molar-refractivity contribution is 8.14. The molecule has 0 bridgehead atoms. The van der Waals surface area contributed by atoms with Gasteiger partial charge in [-0.05, 0) is 13.3 Å². The average molecular weight is 189 g/mol. The van der Waals surface area contributed by atoms with Crippen LogP contribution in [0.3, 0.4) is 0 Å². The maximum atomic E-state index is 10.8. The maximum Gasteiger partial charge on any atom is 0.143 e. The normalized spacial score (nSPS) is 8.33. The lowest BCUT2D eigenvalue weighted by Gasteiger charge is -1.95. The first-order valence-electron chi connectivity index (χ1n) is 4.36. The van der Waals surface area contributed by atoms with Crippen molar-refractivity contribution in [1.82, 2.24) is 0 Å². The molecule has 0 aliphatic heterocycles. The summed E-state index contributed by atoms with van der Waals surface area (Å²) in [5.74, 6) is 0.725. The van der Waals surface area contributed by atoms with Crippen molar-refractivity contribution in [3.05, 3.63) is 0 Å². The Bertz CT molecular complexity index is 134. The Morgan fingerprint density at radius 1 is 1.42 bits per heavy atom. The van der Waals surface area contributed by atoms with Crippen LogP contribution >= 0.6 is 11.8 Å². The van der Waals surface area contributed by atoms with Gasteiger partial charge in [-0.25, -0.2) is 0 Å². The lowest BCUT2D eigenvalue weighted by molar-refractivity contribution is -0.116. The van der Waals surface area contributed by atoms with E-state index in [4.69, 9.17) is 5.41 Å². The van der Waals surface area contributed by atoms with Crippen molar-refractivity contribution < 1.29 is 4.79 Å². The summed E-state index contributed by atoms with van der Waals surface area (Å²) >= 11 is 1.31. The van der Waals surface area contributed by atoms with Crippen molar-refractivity contribution in [3.63, 3.8) is 0 Å². The van der Waals surface area contributed by atoms with Crippen LogP contribution in [-0.2, 0) is 4.79 Å². The number of ketones is 1. The molecular weight excluding hydrogens is 170 g/mol. The predicted molar refractivity (Wildman–Crippen MR) is 57.1 cm³/mol. The van der Waals surface area contributed by atoms with E-state index in [1.54, 1.807) is 6.92 Å². The first kappa shape index (κ1) is 14.2. The molecule has 72 valence electrons. The molecule has 3 heteroatoms. The minimum absolute atomic E-state index is 0.249. The number of carbonyl (C=O) groups is 1. The minimum atomic E-state index is 0.249. The average Bonchev–Trinajstić information content (AvgIpc) is 2.05. The second kappa shape index (κ2) is 10.7. The number of Topliss-reactive ketones (excluding diaryl/α,β-unsaturated/α-hetero) is 1. The molecule has 0 rings (SSSR count). The van der Waals surface area contributed by atoms with Gasteiger partial charge in [-0.15, -0.1) is 11.8 Å². The number of carbonyl (C=O) groups excluding carboxylic acids is 1. The van der Waals surface area contributed by atoms with Gasteiger partial charge in [0.1, 0.15) is 5.78 Å². The quantitative estimate of drug-likeness (QED) is 0.545. The number of nitrogens with one attached hydrogen (secondary N) is 1. The van der Waals surface area contributed by atoms with Crippen LogP contribution in [0.25, 0.3) is 0 Å². The topological polar surface area (TPSA) is 40.9 Å². The summed E-state index contributed by atoms with van der Waals surface area (Å²) in [6.07, 6.45) is 1.57. The molecule has 0 saturated heterocycles. The van der Waals surface area contributed by atoms with Crippen LogP contribution in [0.15, 0.2) is 0 Å². The van der Waals surface area contributed by atoms with Crippen LogP contribution in [0.1, 0.15) is 40.5 Å². The van der Waals surface area contributed by atoms with Gasteiger partial charge < -0.3 is 0 Å². The van der Waals surface area contributed by atoms with E-state index >= 15 is 0 Å². The molecule has 12 heavy (non-hydrogen) atoms. The summed E-state index contributed by atoms with van der Waals surface area (Å²) in [5.41, 5.74) is 0. The van der Waals surface area contributed by atoms with Crippen molar-refractivity contribution in [2.45, 2.75) is 40.5 Å². The second-order valence-electron chi connectivity index (χ2n) is 2.13. The fourth-order valence-electron chi connectivity index (χ4n) is 0.540. The standard InChI is InChI=1S/C7H13NOS.C2H6/c1-3-4-7(9)5-10-6(2)8;1-2/h8H,3-5H2,1-2H3;1-2H3. The van der Waals surface area contributed by atoms with E-state index in [1.807, 2.05) is 20.8 Å². The summed E-state index contributed by atoms with van der Waals surface area (Å²) in [6.45, 7) is 7.68. The van der Waals surface area contributed by atoms with Crippen LogP contribution in [0.4, 0.5) is 0 Å². The highest BCUT2D eigenvalue weighted by Gasteiger charge is 1.99. The summed E-state index contributed by atoms with van der Waals surface area (Å²) < 4.78 is 0. The van der Waals surface area contributed by atoms with Crippen molar-refractivity contribution in [1.29, 1.82) is 5.41 Å². The Kier molecular flexibility index (Phi) is 12.7. The summed E-state index contributed by atoms with van der Waals surface area (Å²) in [5, 5.41) is 7.55. The van der Waals surface area contributed by atoms with E-state index in [2.05, 4.69) is 0 Å². The summed E-state index contributed by atoms with van der Waals surface area (Å²) in [6, 6.07) is 0. The molecule has 0 spiro atoms. The number of thioether (sulfide) groups is 1. The Hall–Kier alpha value is -0.310. The summed E-state index contributed by atoms with van der Waals surface area (Å²) in [7, 11) is 0. The zero-order chi connectivity index (χ0) is 9.98. The van der Waals surface area contributed by atoms with Crippen molar-refractivity contribution in [2.24, 2.45) is 0 Å². The molecule has 0 aromatic rings. The van der Waals surface area contributed by atoms with Crippen LogP contribution in [0, 0.1) is 5.41 Å². The van der Waals surface area contributed by atoms with Gasteiger partial charge >= 0.3 is 0 Å². The minimum Gasteiger partial charge on any atom is -0.299 e. The molecule has 0 aromatic heterocycles. The second-order valence-corrected chi connectivity index (χ2v) is 3.32. The highest BCUT2D eigenvalue weighted by Crippen LogP contribution is 2.03. The van der Waals surface area contributed by atoms with Crippen LogP contribution in [-0.4, -0.2) is 16.6 Å². The molecule has 0 aliphatic rings. The Morgan fingerprint density at radius 3 is 2.25 bits per heavy atom. The lowest BCUT2D eigenvalue weighted by Crippen LogP contribution is -2.01. The first-order chi connectivity index (χ1) is 5.66. The van der Waals surface area contributed by atoms with Gasteiger partial charge in [-0.1, -0.05) is 20.8 Å². The number of hydrogen-bond acceptors (Lipinski definition) is 3. The van der Waals surface area contributed by atoms with Gasteiger partial charge in [0.05, 0.1) is 10.8 Å². The van der Waals surface area contributed by atoms with Crippen LogP contribution < -0.4 is 0 Å². The number of rotatable bonds is 4. The van der Waals surface area contributed by atoms with Crippen molar-refractivity contribution in [3.8, 4) is 0 Å². The third kappa shape index (κ3) is 12.4. The van der Waals surface area contributed by atoms with Gasteiger partial charge in [0.25, 0.3) is 0 Å². The van der Waals surface area contributed by atoms with Gasteiger partial charge in [0, 0.05) is 6.42 Å². The monoisotopic (exact) mass is 189 g/mol. The molecule has 1 N–H and O–H groups in total. The van der Waals surface area contributed by atoms with Gasteiger partial charge in [0.15, 0.2) is 0 Å². The van der Waals surface area contributed by atoms with E-state index in [0.717, 1.165) is 6.42 Å². The van der Waals surface area contributed by atoms with Gasteiger partial charge in [0.2, 0.25) is 0 Å². The van der Waals surface area contributed by atoms with E-state index in [9.17, 15) is 4.79 Å². The molecule has 0 heterocycles. The Balaban J connectivity index is 0. The molecule has 2 nitrogen and oxygen atoms in total. The highest BCUT2D eigenvalue weighted by atomic mass is 32.2. The van der Waals surface area contributed by atoms with E-state index in [0.29, 0.717) is 17.2 Å². The molecule has 0 radical (unpaired) electrons. The molecule has 0 fully saturated rings. The Labute approximate surface area is 79.6 Å². The third-order valence-electron chi connectivity index (χ3n) is 0.979. The Morgan fingerprint density at radius 2 is 1.92 bits per heavy atom. The SMILES string of the molecule is CC.CCCC(=O)CSC(C)=N. The third-order valence-corrected chi connectivity index (χ3v) is 1.88. The molecule has 0 atom stereocenters. The molecule has 0 amide bonds. The van der Waals surface area contributed by atoms with E-state index in [-0.39, 0.29) is 5.78 Å². The van der Waals surface area contributed by atoms with Crippen molar-refractivity contribution >= 4 is 22.6 Å². The van der Waals surface area contributed by atoms with E-state index < -0.39 is 0 Å². The fraction of sp³-hybridized carbons (Fsp3) is 0.778. The molecule has 0 saturated carbocycles. The lowest BCUT2D eigenvalue weighted by atomic mass is 10.3. The smallest absolute Gasteiger partial charge is 0.143 e.